The predicted molar refractivity (Wildman–Crippen MR) is 137 cm³/mol. The van der Waals surface area contributed by atoms with E-state index in [0.29, 0.717) is 18.0 Å². The summed E-state index contributed by atoms with van der Waals surface area (Å²) in [5.74, 6) is 0.619. The van der Waals surface area contributed by atoms with E-state index in [2.05, 4.69) is 71.5 Å². The van der Waals surface area contributed by atoms with Gasteiger partial charge in [0.15, 0.2) is 8.32 Å². The van der Waals surface area contributed by atoms with Crippen molar-refractivity contribution in [1.29, 1.82) is 0 Å². The van der Waals surface area contributed by atoms with Gasteiger partial charge in [-0.05, 0) is 71.5 Å². The number of nitrogens with two attached hydrogens (primary N) is 1. The van der Waals surface area contributed by atoms with Gasteiger partial charge in [0.05, 0.1) is 16.9 Å². The Morgan fingerprint density at radius 2 is 1.64 bits per heavy atom. The van der Waals surface area contributed by atoms with Crippen molar-refractivity contribution in [2.75, 3.05) is 5.73 Å². The third kappa shape index (κ3) is 4.49. The molecule has 33 heavy (non-hydrogen) atoms. The first-order valence-corrected chi connectivity index (χ1v) is 15.2. The number of aromatic amines is 1. The second-order valence-corrected chi connectivity index (χ2v) is 17.1. The van der Waals surface area contributed by atoms with Crippen molar-refractivity contribution in [1.82, 2.24) is 15.0 Å². The number of aromatic nitrogens is 3. The number of anilines is 1. The number of fused-ring (bicyclic) bond motifs is 1. The molecule has 182 valence electrons. The normalized spacial score (nSPS) is 25.7. The zero-order valence-electron chi connectivity index (χ0n) is 21.8. The summed E-state index contributed by atoms with van der Waals surface area (Å²) in [5, 5.41) is 1.22. The first kappa shape index (κ1) is 24.7. The molecule has 0 amide bonds. The third-order valence-corrected chi connectivity index (χ3v) is 13.0. The van der Waals surface area contributed by atoms with Crippen LogP contribution in [0.15, 0.2) is 6.20 Å². The van der Waals surface area contributed by atoms with Gasteiger partial charge in [-0.1, -0.05) is 20.8 Å². The Kier molecular flexibility index (Phi) is 6.04. The summed E-state index contributed by atoms with van der Waals surface area (Å²) in [7, 11) is -2.24. The van der Waals surface area contributed by atoms with Crippen LogP contribution in [0.5, 0.6) is 0 Å². The Hall–Kier alpha value is -1.42. The molecule has 0 aromatic carbocycles. The lowest BCUT2D eigenvalue weighted by molar-refractivity contribution is 0.00578. The van der Waals surface area contributed by atoms with Gasteiger partial charge in [-0.3, -0.25) is 0 Å². The minimum absolute atomic E-state index is 0.222. The number of hydrogen-bond donors (Lipinski definition) is 2. The highest BCUT2D eigenvalue weighted by atomic mass is 28.4. The van der Waals surface area contributed by atoms with Crippen LogP contribution in [0.3, 0.4) is 0 Å². The molecular formula is C24H41BN4O3Si. The van der Waals surface area contributed by atoms with Crippen LogP contribution in [0, 0.1) is 0 Å². The van der Waals surface area contributed by atoms with Crippen LogP contribution in [0.2, 0.25) is 18.1 Å². The average Bonchev–Trinajstić information content (AvgIpc) is 3.18. The van der Waals surface area contributed by atoms with E-state index in [1.54, 1.807) is 0 Å². The van der Waals surface area contributed by atoms with E-state index in [4.69, 9.17) is 24.5 Å². The van der Waals surface area contributed by atoms with Crippen molar-refractivity contribution in [2.45, 2.75) is 116 Å². The lowest BCUT2D eigenvalue weighted by atomic mass is 9.76. The molecule has 0 unspecified atom stereocenters. The molecule has 3 heterocycles. The lowest BCUT2D eigenvalue weighted by Crippen LogP contribution is -2.44. The standard InChI is InChI=1S/C24H41BN4O3Si/c1-22(2,3)33(8,9)30-16-12-10-15(11-13-16)19-18-17(14-27-20(18)29-21(26)28-19)25-31-23(4,5)24(6,7)32-25/h14-16H,10-13H2,1-9H3,(H3,26,27,28,29). The predicted octanol–water partition coefficient (Wildman–Crippen LogP) is 4.89. The fraction of sp³-hybridized carbons (Fsp3) is 0.750. The fourth-order valence-electron chi connectivity index (χ4n) is 4.60. The molecule has 0 bridgehead atoms. The number of nitrogens with zero attached hydrogens (tertiary/aromatic N) is 2. The summed E-state index contributed by atoms with van der Waals surface area (Å²) in [6.07, 6.45) is 6.40. The number of rotatable bonds is 4. The molecule has 1 aliphatic heterocycles. The molecule has 1 saturated heterocycles. The Morgan fingerprint density at radius 1 is 1.06 bits per heavy atom. The summed E-state index contributed by atoms with van der Waals surface area (Å²) in [5.41, 5.74) is 8.02. The van der Waals surface area contributed by atoms with Gasteiger partial charge in [0.25, 0.3) is 0 Å². The molecule has 0 radical (unpaired) electrons. The summed E-state index contributed by atoms with van der Waals surface area (Å²) in [6.45, 7) is 19.9. The van der Waals surface area contributed by atoms with Gasteiger partial charge in [0.1, 0.15) is 5.65 Å². The van der Waals surface area contributed by atoms with Crippen molar-refractivity contribution >= 4 is 37.9 Å². The molecule has 1 saturated carbocycles. The summed E-state index contributed by atoms with van der Waals surface area (Å²) in [6, 6.07) is 0. The quantitative estimate of drug-likeness (QED) is 0.616. The second kappa shape index (κ2) is 8.07. The lowest BCUT2D eigenvalue weighted by Gasteiger charge is -2.41. The highest BCUT2D eigenvalue weighted by Gasteiger charge is 2.52. The van der Waals surface area contributed by atoms with E-state index in [-0.39, 0.29) is 5.04 Å². The maximum Gasteiger partial charge on any atom is 0.497 e. The zero-order valence-corrected chi connectivity index (χ0v) is 22.8. The van der Waals surface area contributed by atoms with E-state index >= 15 is 0 Å². The van der Waals surface area contributed by atoms with Crippen LogP contribution in [0.25, 0.3) is 11.0 Å². The van der Waals surface area contributed by atoms with Crippen molar-refractivity contribution in [2.24, 2.45) is 0 Å². The molecule has 3 N–H and O–H groups in total. The molecule has 2 aliphatic rings. The van der Waals surface area contributed by atoms with Crippen LogP contribution < -0.4 is 11.2 Å². The molecule has 7 nitrogen and oxygen atoms in total. The molecule has 4 rings (SSSR count). The fourth-order valence-corrected chi connectivity index (χ4v) is 6.02. The van der Waals surface area contributed by atoms with E-state index in [0.717, 1.165) is 47.9 Å². The summed E-state index contributed by atoms with van der Waals surface area (Å²) >= 11 is 0. The molecule has 2 aromatic rings. The Balaban J connectivity index is 1.59. The average molecular weight is 473 g/mol. The minimum atomic E-state index is -1.77. The maximum atomic E-state index is 6.71. The SMILES string of the molecule is CC1(C)OB(c2c[nH]c3nc(N)nc(C4CCC(O[Si](C)(C)C(C)(C)C)CC4)c23)OC1(C)C. The third-order valence-electron chi connectivity index (χ3n) is 8.44. The van der Waals surface area contributed by atoms with Crippen molar-refractivity contribution in [3.8, 4) is 0 Å². The van der Waals surface area contributed by atoms with E-state index in [1.165, 1.54) is 0 Å². The Morgan fingerprint density at radius 3 is 2.18 bits per heavy atom. The molecule has 1 aliphatic carbocycles. The zero-order chi connectivity index (χ0) is 24.4. The number of nitrogens with one attached hydrogen (secondary N) is 1. The van der Waals surface area contributed by atoms with Crippen molar-refractivity contribution in [3.63, 3.8) is 0 Å². The molecule has 9 heteroatoms. The molecule has 0 spiro atoms. The second-order valence-electron chi connectivity index (χ2n) is 12.4. The van der Waals surface area contributed by atoms with E-state index in [9.17, 15) is 0 Å². The number of nitrogen functional groups attached to an aromatic ring is 1. The van der Waals surface area contributed by atoms with Gasteiger partial charge in [0.2, 0.25) is 5.95 Å². The van der Waals surface area contributed by atoms with Gasteiger partial charge in [-0.15, -0.1) is 0 Å². The van der Waals surface area contributed by atoms with Gasteiger partial charge in [-0.25, -0.2) is 4.98 Å². The first-order chi connectivity index (χ1) is 15.1. The van der Waals surface area contributed by atoms with E-state index in [1.807, 2.05) is 6.20 Å². The smallest absolute Gasteiger partial charge is 0.414 e. The van der Waals surface area contributed by atoms with Crippen LogP contribution in [0.1, 0.15) is 85.8 Å². The van der Waals surface area contributed by atoms with Crippen LogP contribution in [-0.4, -0.2) is 47.7 Å². The summed E-state index contributed by atoms with van der Waals surface area (Å²) in [4.78, 5) is 12.5. The first-order valence-electron chi connectivity index (χ1n) is 12.3. The molecular weight excluding hydrogens is 431 g/mol. The monoisotopic (exact) mass is 472 g/mol. The van der Waals surface area contributed by atoms with Gasteiger partial charge >= 0.3 is 7.12 Å². The van der Waals surface area contributed by atoms with Gasteiger partial charge < -0.3 is 24.5 Å². The topological polar surface area (TPSA) is 95.3 Å². The maximum absolute atomic E-state index is 6.71. The highest BCUT2D eigenvalue weighted by Crippen LogP contribution is 2.42. The van der Waals surface area contributed by atoms with E-state index < -0.39 is 26.6 Å². The van der Waals surface area contributed by atoms with Crippen LogP contribution in [0.4, 0.5) is 5.95 Å². The van der Waals surface area contributed by atoms with Crippen molar-refractivity contribution < 1.29 is 13.7 Å². The highest BCUT2D eigenvalue weighted by molar-refractivity contribution is 6.74. The van der Waals surface area contributed by atoms with Crippen LogP contribution in [-0.2, 0) is 13.7 Å². The molecule has 2 aromatic heterocycles. The number of hydrogen-bond acceptors (Lipinski definition) is 6. The van der Waals surface area contributed by atoms with Crippen molar-refractivity contribution in [3.05, 3.63) is 11.9 Å². The van der Waals surface area contributed by atoms with Crippen LogP contribution >= 0.6 is 0 Å². The van der Waals surface area contributed by atoms with Gasteiger partial charge in [-0.2, -0.15) is 4.98 Å². The molecule has 0 atom stereocenters. The summed E-state index contributed by atoms with van der Waals surface area (Å²) < 4.78 is 19.4. The molecule has 2 fully saturated rings. The largest absolute Gasteiger partial charge is 0.497 e. The minimum Gasteiger partial charge on any atom is -0.414 e. The Labute approximate surface area is 199 Å². The Bertz CT molecular complexity index is 1010. The van der Waals surface area contributed by atoms with Gasteiger partial charge in [0, 0.05) is 29.1 Å². The number of H-pyrrole nitrogens is 1.